The fraction of sp³-hybridized carbons (Fsp3) is 0.167. The van der Waals surface area contributed by atoms with Gasteiger partial charge in [0.2, 0.25) is 0 Å². The molecular formula is C18H18N2OS2. The molecule has 0 aliphatic carbocycles. The van der Waals surface area contributed by atoms with Crippen molar-refractivity contribution in [3.8, 4) is 5.69 Å². The second kappa shape index (κ2) is 8.04. The Morgan fingerprint density at radius 1 is 1.09 bits per heavy atom. The molecule has 3 rings (SSSR count). The van der Waals surface area contributed by atoms with Crippen LogP contribution in [0.25, 0.3) is 5.69 Å². The van der Waals surface area contributed by atoms with Crippen molar-refractivity contribution in [1.29, 1.82) is 0 Å². The Kier molecular flexibility index (Phi) is 5.56. The van der Waals surface area contributed by atoms with Crippen LogP contribution in [0.2, 0.25) is 0 Å². The molecule has 0 spiro atoms. The van der Waals surface area contributed by atoms with E-state index in [4.69, 9.17) is 0 Å². The molecule has 0 atom stereocenters. The van der Waals surface area contributed by atoms with E-state index in [1.165, 1.54) is 4.88 Å². The number of hydrogen-bond donors (Lipinski definition) is 1. The van der Waals surface area contributed by atoms with Crippen LogP contribution in [0.15, 0.2) is 66.3 Å². The van der Waals surface area contributed by atoms with E-state index in [9.17, 15) is 4.79 Å². The van der Waals surface area contributed by atoms with Crippen LogP contribution < -0.4 is 5.32 Å². The number of thioether (sulfide) groups is 1. The topological polar surface area (TPSA) is 34.0 Å². The molecule has 0 saturated carbocycles. The van der Waals surface area contributed by atoms with Crippen molar-refractivity contribution < 1.29 is 4.79 Å². The minimum Gasteiger partial charge on any atom is -0.351 e. The van der Waals surface area contributed by atoms with E-state index in [1.54, 1.807) is 11.3 Å². The molecular weight excluding hydrogens is 324 g/mol. The fourth-order valence-electron chi connectivity index (χ4n) is 2.20. The van der Waals surface area contributed by atoms with Crippen LogP contribution in [0.3, 0.4) is 0 Å². The fourth-order valence-corrected chi connectivity index (χ4v) is 3.90. The molecule has 0 saturated heterocycles. The number of nitrogens with one attached hydrogen (secondary N) is 1. The number of amides is 1. The number of nitrogens with zero attached hydrogens (tertiary/aromatic N) is 1. The summed E-state index contributed by atoms with van der Waals surface area (Å²) in [6.07, 6.45) is 3.97. The Labute approximate surface area is 144 Å². The molecule has 0 aliphatic rings. The van der Waals surface area contributed by atoms with Gasteiger partial charge in [-0.2, -0.15) is 11.8 Å². The maximum absolute atomic E-state index is 12.1. The third-order valence-corrected chi connectivity index (χ3v) is 5.46. The first-order chi connectivity index (χ1) is 11.3. The lowest BCUT2D eigenvalue weighted by Crippen LogP contribution is -2.25. The van der Waals surface area contributed by atoms with E-state index in [0.29, 0.717) is 12.1 Å². The van der Waals surface area contributed by atoms with Crippen molar-refractivity contribution >= 4 is 29.0 Å². The number of hydrogen-bond acceptors (Lipinski definition) is 3. The van der Waals surface area contributed by atoms with Crippen LogP contribution in [0.4, 0.5) is 0 Å². The molecule has 1 aromatic carbocycles. The molecule has 2 heterocycles. The predicted molar refractivity (Wildman–Crippen MR) is 98.6 cm³/mol. The number of thiophene rings is 1. The maximum atomic E-state index is 12.1. The molecule has 0 fully saturated rings. The standard InChI is InChI=1S/C18H18N2OS2/c21-18(19-9-13-22-14-17-4-3-12-23-17)15-5-7-16(8-6-15)20-10-1-2-11-20/h1-8,10-12H,9,13-14H2,(H,19,21). The Hall–Kier alpha value is -1.98. The van der Waals surface area contributed by atoms with Gasteiger partial charge in [-0.15, -0.1) is 11.3 Å². The van der Waals surface area contributed by atoms with E-state index in [2.05, 4.69) is 22.8 Å². The lowest BCUT2D eigenvalue weighted by molar-refractivity contribution is 0.0956. The van der Waals surface area contributed by atoms with Gasteiger partial charge < -0.3 is 9.88 Å². The zero-order valence-electron chi connectivity index (χ0n) is 12.6. The van der Waals surface area contributed by atoms with Gasteiger partial charge in [0, 0.05) is 46.6 Å². The molecule has 23 heavy (non-hydrogen) atoms. The van der Waals surface area contributed by atoms with Crippen LogP contribution in [-0.4, -0.2) is 22.8 Å². The molecule has 2 aromatic heterocycles. The largest absolute Gasteiger partial charge is 0.351 e. The second-order valence-electron chi connectivity index (χ2n) is 5.03. The molecule has 0 aliphatic heterocycles. The first-order valence-electron chi connectivity index (χ1n) is 7.45. The van der Waals surface area contributed by atoms with Gasteiger partial charge in [-0.1, -0.05) is 6.07 Å². The van der Waals surface area contributed by atoms with Crippen molar-refractivity contribution in [2.75, 3.05) is 12.3 Å². The van der Waals surface area contributed by atoms with Gasteiger partial charge in [0.25, 0.3) is 5.91 Å². The average Bonchev–Trinajstić information content (AvgIpc) is 3.28. The van der Waals surface area contributed by atoms with E-state index < -0.39 is 0 Å². The molecule has 0 radical (unpaired) electrons. The Morgan fingerprint density at radius 3 is 2.57 bits per heavy atom. The Balaban J connectivity index is 1.43. The van der Waals surface area contributed by atoms with Crippen molar-refractivity contribution in [3.05, 3.63) is 76.7 Å². The summed E-state index contributed by atoms with van der Waals surface area (Å²) < 4.78 is 2.02. The molecule has 0 unspecified atom stereocenters. The number of rotatable bonds is 7. The summed E-state index contributed by atoms with van der Waals surface area (Å²) in [6, 6.07) is 15.8. The molecule has 5 heteroatoms. The molecule has 3 aromatic rings. The summed E-state index contributed by atoms with van der Waals surface area (Å²) in [4.78, 5) is 13.5. The maximum Gasteiger partial charge on any atom is 0.251 e. The average molecular weight is 342 g/mol. The van der Waals surface area contributed by atoms with Crippen LogP contribution >= 0.6 is 23.1 Å². The van der Waals surface area contributed by atoms with E-state index in [-0.39, 0.29) is 5.91 Å². The summed E-state index contributed by atoms with van der Waals surface area (Å²) >= 11 is 3.62. The number of benzene rings is 1. The Bertz CT molecular complexity index is 719. The number of carbonyl (C=O) groups excluding carboxylic acids is 1. The lowest BCUT2D eigenvalue weighted by Gasteiger charge is -2.07. The molecule has 1 amide bonds. The van der Waals surface area contributed by atoms with E-state index in [1.807, 2.05) is 65.1 Å². The van der Waals surface area contributed by atoms with Crippen LogP contribution in [0, 0.1) is 0 Å². The zero-order valence-corrected chi connectivity index (χ0v) is 14.3. The lowest BCUT2D eigenvalue weighted by atomic mass is 10.2. The highest BCUT2D eigenvalue weighted by Crippen LogP contribution is 2.16. The van der Waals surface area contributed by atoms with Gasteiger partial charge in [0.1, 0.15) is 0 Å². The zero-order chi connectivity index (χ0) is 15.9. The van der Waals surface area contributed by atoms with Crippen molar-refractivity contribution in [2.45, 2.75) is 5.75 Å². The summed E-state index contributed by atoms with van der Waals surface area (Å²) in [7, 11) is 0. The van der Waals surface area contributed by atoms with Crippen molar-refractivity contribution in [2.24, 2.45) is 0 Å². The van der Waals surface area contributed by atoms with Crippen LogP contribution in [0.1, 0.15) is 15.2 Å². The summed E-state index contributed by atoms with van der Waals surface area (Å²) in [5.74, 6) is 1.92. The summed E-state index contributed by atoms with van der Waals surface area (Å²) in [5.41, 5.74) is 1.75. The smallest absolute Gasteiger partial charge is 0.251 e. The highest BCUT2D eigenvalue weighted by molar-refractivity contribution is 7.98. The SMILES string of the molecule is O=C(NCCSCc1cccs1)c1ccc(-n2cccc2)cc1. The van der Waals surface area contributed by atoms with Crippen molar-refractivity contribution in [1.82, 2.24) is 9.88 Å². The van der Waals surface area contributed by atoms with Crippen LogP contribution in [-0.2, 0) is 5.75 Å². The summed E-state index contributed by atoms with van der Waals surface area (Å²) in [6.45, 7) is 0.689. The highest BCUT2D eigenvalue weighted by Gasteiger charge is 2.05. The van der Waals surface area contributed by atoms with Gasteiger partial charge in [-0.25, -0.2) is 0 Å². The van der Waals surface area contributed by atoms with E-state index in [0.717, 1.165) is 17.2 Å². The van der Waals surface area contributed by atoms with Gasteiger partial charge >= 0.3 is 0 Å². The van der Waals surface area contributed by atoms with Crippen LogP contribution in [0.5, 0.6) is 0 Å². The first kappa shape index (κ1) is 15.9. The molecule has 0 bridgehead atoms. The second-order valence-corrected chi connectivity index (χ2v) is 7.16. The predicted octanol–water partition coefficient (Wildman–Crippen LogP) is 4.20. The highest BCUT2D eigenvalue weighted by atomic mass is 32.2. The van der Waals surface area contributed by atoms with Gasteiger partial charge in [-0.3, -0.25) is 4.79 Å². The minimum absolute atomic E-state index is 0.0132. The third kappa shape index (κ3) is 4.50. The van der Waals surface area contributed by atoms with Crippen molar-refractivity contribution in [3.63, 3.8) is 0 Å². The normalized spacial score (nSPS) is 10.6. The molecule has 3 nitrogen and oxygen atoms in total. The number of carbonyl (C=O) groups is 1. The quantitative estimate of drug-likeness (QED) is 0.653. The molecule has 118 valence electrons. The third-order valence-electron chi connectivity index (χ3n) is 3.39. The van der Waals surface area contributed by atoms with Gasteiger partial charge in [0.15, 0.2) is 0 Å². The monoisotopic (exact) mass is 342 g/mol. The Morgan fingerprint density at radius 2 is 1.87 bits per heavy atom. The summed E-state index contributed by atoms with van der Waals surface area (Å²) in [5, 5.41) is 5.06. The molecule has 1 N–H and O–H groups in total. The minimum atomic E-state index is -0.0132. The number of aromatic nitrogens is 1. The van der Waals surface area contributed by atoms with E-state index >= 15 is 0 Å². The van der Waals surface area contributed by atoms with Gasteiger partial charge in [0.05, 0.1) is 0 Å². The van der Waals surface area contributed by atoms with Gasteiger partial charge in [-0.05, 0) is 47.8 Å². The first-order valence-corrected chi connectivity index (χ1v) is 9.48.